The smallest absolute Gasteiger partial charge is 0.253 e. The van der Waals surface area contributed by atoms with Crippen molar-refractivity contribution in [1.29, 1.82) is 0 Å². The number of ether oxygens (including phenoxy) is 1. The Labute approximate surface area is 190 Å². The number of H-pyrrole nitrogens is 1. The van der Waals surface area contributed by atoms with Gasteiger partial charge in [-0.2, -0.15) is 0 Å². The van der Waals surface area contributed by atoms with Crippen LogP contribution in [-0.4, -0.2) is 74.8 Å². The number of likely N-dealkylation sites (N-methyl/N-ethyl adjacent to an activating group) is 1. The zero-order valence-corrected chi connectivity index (χ0v) is 18.8. The number of benzene rings is 1. The Morgan fingerprint density at radius 1 is 1.18 bits per heavy atom. The number of rotatable bonds is 7. The number of aromatic nitrogens is 5. The van der Waals surface area contributed by atoms with E-state index < -0.39 is 6.04 Å². The average molecular weight is 450 g/mol. The van der Waals surface area contributed by atoms with E-state index in [0.717, 1.165) is 48.6 Å². The van der Waals surface area contributed by atoms with Crippen LogP contribution < -0.4 is 10.3 Å². The summed E-state index contributed by atoms with van der Waals surface area (Å²) in [5.41, 5.74) is 1.22. The molecule has 3 aromatic heterocycles. The third-order valence-electron chi connectivity index (χ3n) is 6.04. The number of nitrogens with one attached hydrogen (secondary N) is 1. The predicted molar refractivity (Wildman–Crippen MR) is 122 cm³/mol. The van der Waals surface area contributed by atoms with E-state index in [4.69, 9.17) is 9.15 Å². The summed E-state index contributed by atoms with van der Waals surface area (Å²) in [7, 11) is 2.10. The number of aromatic amines is 1. The van der Waals surface area contributed by atoms with Gasteiger partial charge in [0.1, 0.15) is 24.1 Å². The first-order valence-electron chi connectivity index (χ1n) is 11.1. The Balaban J connectivity index is 1.61. The van der Waals surface area contributed by atoms with Crippen LogP contribution in [-0.2, 0) is 6.54 Å². The fraction of sp³-hybridized carbons (Fsp3) is 0.391. The van der Waals surface area contributed by atoms with Crippen molar-refractivity contribution in [3.63, 3.8) is 0 Å². The molecule has 4 heterocycles. The Kier molecular flexibility index (Phi) is 5.93. The van der Waals surface area contributed by atoms with Gasteiger partial charge in [-0.25, -0.2) is 4.68 Å². The van der Waals surface area contributed by atoms with E-state index >= 15 is 0 Å². The largest absolute Gasteiger partial charge is 0.494 e. The van der Waals surface area contributed by atoms with Crippen molar-refractivity contribution in [2.75, 3.05) is 39.8 Å². The van der Waals surface area contributed by atoms with E-state index in [2.05, 4.69) is 37.4 Å². The Hall–Kier alpha value is -3.50. The number of furan rings is 1. The maximum atomic E-state index is 13.3. The molecule has 0 aliphatic carbocycles. The first kappa shape index (κ1) is 21.4. The van der Waals surface area contributed by atoms with Crippen LogP contribution >= 0.6 is 0 Å². The summed E-state index contributed by atoms with van der Waals surface area (Å²) in [6.45, 7) is 6.31. The molecule has 10 nitrogen and oxygen atoms in total. The molecule has 33 heavy (non-hydrogen) atoms. The van der Waals surface area contributed by atoms with Crippen LogP contribution in [0.1, 0.15) is 30.1 Å². The Morgan fingerprint density at radius 2 is 2.03 bits per heavy atom. The molecule has 0 amide bonds. The van der Waals surface area contributed by atoms with Crippen molar-refractivity contribution in [2.24, 2.45) is 0 Å². The SMILES string of the molecule is CCOc1ccc2[nH]c(=O)c([C@H](c3nnnn3Cc3ccco3)N3CCN(C)CC3)cc2c1. The van der Waals surface area contributed by atoms with Crippen molar-refractivity contribution >= 4 is 10.9 Å². The van der Waals surface area contributed by atoms with Crippen LogP contribution in [0.5, 0.6) is 5.75 Å². The summed E-state index contributed by atoms with van der Waals surface area (Å²) >= 11 is 0. The van der Waals surface area contributed by atoms with Gasteiger partial charge in [-0.3, -0.25) is 9.69 Å². The highest BCUT2D eigenvalue weighted by Crippen LogP contribution is 2.29. The van der Waals surface area contributed by atoms with Gasteiger partial charge in [-0.05, 0) is 60.8 Å². The lowest BCUT2D eigenvalue weighted by atomic mass is 10.0. The van der Waals surface area contributed by atoms with Gasteiger partial charge in [-0.1, -0.05) is 0 Å². The third-order valence-corrected chi connectivity index (χ3v) is 6.04. The maximum Gasteiger partial charge on any atom is 0.253 e. The van der Waals surface area contributed by atoms with Gasteiger partial charge in [0.25, 0.3) is 5.56 Å². The second-order valence-corrected chi connectivity index (χ2v) is 8.25. The number of piperazine rings is 1. The van der Waals surface area contributed by atoms with Crippen molar-refractivity contribution in [2.45, 2.75) is 19.5 Å². The number of fused-ring (bicyclic) bond motifs is 1. The lowest BCUT2D eigenvalue weighted by molar-refractivity contribution is 0.121. The molecule has 172 valence electrons. The first-order valence-corrected chi connectivity index (χ1v) is 11.1. The van der Waals surface area contributed by atoms with Crippen LogP contribution in [0.25, 0.3) is 10.9 Å². The van der Waals surface area contributed by atoms with Crippen LogP contribution in [0, 0.1) is 0 Å². The van der Waals surface area contributed by atoms with E-state index in [1.165, 1.54) is 0 Å². The quantitative estimate of drug-likeness (QED) is 0.456. The van der Waals surface area contributed by atoms with E-state index in [0.29, 0.717) is 24.5 Å². The molecule has 0 bridgehead atoms. The van der Waals surface area contributed by atoms with Gasteiger partial charge in [-0.15, -0.1) is 5.10 Å². The fourth-order valence-corrected chi connectivity index (χ4v) is 4.31. The number of pyridine rings is 1. The van der Waals surface area contributed by atoms with Crippen molar-refractivity contribution in [1.82, 2.24) is 35.0 Å². The van der Waals surface area contributed by atoms with Crippen LogP contribution in [0.2, 0.25) is 0 Å². The lowest BCUT2D eigenvalue weighted by Gasteiger charge is -2.37. The Morgan fingerprint density at radius 3 is 2.79 bits per heavy atom. The molecule has 4 aromatic rings. The molecule has 5 rings (SSSR count). The molecule has 0 radical (unpaired) electrons. The van der Waals surface area contributed by atoms with Crippen LogP contribution in [0.3, 0.4) is 0 Å². The Bertz CT molecular complexity index is 1270. The average Bonchev–Trinajstić information content (AvgIpc) is 3.49. The lowest BCUT2D eigenvalue weighted by Crippen LogP contribution is -2.47. The highest BCUT2D eigenvalue weighted by atomic mass is 16.5. The highest BCUT2D eigenvalue weighted by molar-refractivity contribution is 5.80. The molecule has 0 unspecified atom stereocenters. The molecule has 1 fully saturated rings. The monoisotopic (exact) mass is 449 g/mol. The minimum absolute atomic E-state index is 0.150. The van der Waals surface area contributed by atoms with E-state index in [-0.39, 0.29) is 5.56 Å². The molecule has 0 saturated carbocycles. The zero-order valence-electron chi connectivity index (χ0n) is 18.8. The fourth-order valence-electron chi connectivity index (χ4n) is 4.31. The molecular weight excluding hydrogens is 422 g/mol. The molecule has 10 heteroatoms. The summed E-state index contributed by atoms with van der Waals surface area (Å²) in [4.78, 5) is 20.9. The van der Waals surface area contributed by atoms with Crippen molar-refractivity contribution in [3.05, 3.63) is 70.2 Å². The molecule has 0 spiro atoms. The molecule has 1 aromatic carbocycles. The van der Waals surface area contributed by atoms with Gasteiger partial charge >= 0.3 is 0 Å². The minimum atomic E-state index is -0.396. The van der Waals surface area contributed by atoms with Gasteiger partial charge < -0.3 is 19.0 Å². The standard InChI is InChI=1S/C23H27N7O3/c1-3-32-17-6-7-20-16(13-17)14-19(23(31)24-20)21(29-10-8-28(2)9-11-29)22-25-26-27-30(22)15-18-5-4-12-33-18/h4-7,12-14,21H,3,8-11,15H2,1-2H3,(H,24,31)/t21-/m1/s1. The molecule has 1 aliphatic rings. The normalized spacial score (nSPS) is 16.3. The second-order valence-electron chi connectivity index (χ2n) is 8.25. The van der Waals surface area contributed by atoms with E-state index in [9.17, 15) is 4.79 Å². The second kappa shape index (κ2) is 9.16. The number of nitrogens with zero attached hydrogens (tertiary/aromatic N) is 6. The molecule has 1 aliphatic heterocycles. The minimum Gasteiger partial charge on any atom is -0.494 e. The molecule has 1 N–H and O–H groups in total. The first-order chi connectivity index (χ1) is 16.1. The van der Waals surface area contributed by atoms with Gasteiger partial charge in [0, 0.05) is 42.6 Å². The molecule has 1 atom stereocenters. The number of tetrazole rings is 1. The maximum absolute atomic E-state index is 13.3. The summed E-state index contributed by atoms with van der Waals surface area (Å²) < 4.78 is 12.9. The van der Waals surface area contributed by atoms with Crippen molar-refractivity contribution < 1.29 is 9.15 Å². The van der Waals surface area contributed by atoms with Gasteiger partial charge in [0.15, 0.2) is 5.82 Å². The molecular formula is C23H27N7O3. The summed E-state index contributed by atoms with van der Waals surface area (Å²) in [5, 5.41) is 13.4. The third kappa shape index (κ3) is 4.39. The van der Waals surface area contributed by atoms with Gasteiger partial charge in [0.2, 0.25) is 0 Å². The van der Waals surface area contributed by atoms with Crippen LogP contribution in [0.4, 0.5) is 0 Å². The van der Waals surface area contributed by atoms with E-state index in [1.807, 2.05) is 43.3 Å². The topological polar surface area (TPSA) is 105 Å². The van der Waals surface area contributed by atoms with Crippen LogP contribution in [0.15, 0.2) is 51.9 Å². The van der Waals surface area contributed by atoms with Crippen molar-refractivity contribution in [3.8, 4) is 5.75 Å². The summed E-state index contributed by atoms with van der Waals surface area (Å²) in [6.07, 6.45) is 1.63. The highest BCUT2D eigenvalue weighted by Gasteiger charge is 2.32. The number of hydrogen-bond acceptors (Lipinski definition) is 8. The predicted octanol–water partition coefficient (Wildman–Crippen LogP) is 1.89. The number of hydrogen-bond donors (Lipinski definition) is 1. The van der Waals surface area contributed by atoms with Gasteiger partial charge in [0.05, 0.1) is 12.9 Å². The summed E-state index contributed by atoms with van der Waals surface area (Å²) in [5.74, 6) is 2.12. The summed E-state index contributed by atoms with van der Waals surface area (Å²) in [6, 6.07) is 10.9. The zero-order chi connectivity index (χ0) is 22.8. The van der Waals surface area contributed by atoms with E-state index in [1.54, 1.807) is 10.9 Å². The molecule has 1 saturated heterocycles.